The molecule has 18 heavy (non-hydrogen) atoms. The molecule has 5 nitrogen and oxygen atoms in total. The first-order valence-corrected chi connectivity index (χ1v) is 7.24. The molecule has 3 N–H and O–H groups in total. The standard InChI is InChI=1S/C10H10FN3O2S2/c1-6-8(11)4-7(12)5-9(6)18(15,16)14-10-13-2-3-17-10/h2-5H,12H2,1H3,(H,13,14). The fourth-order valence-corrected chi connectivity index (χ4v) is 3.47. The summed E-state index contributed by atoms with van der Waals surface area (Å²) in [5.74, 6) is -0.658. The van der Waals surface area contributed by atoms with Crippen molar-refractivity contribution >= 4 is 32.2 Å². The van der Waals surface area contributed by atoms with Crippen LogP contribution >= 0.6 is 11.3 Å². The molecule has 0 fully saturated rings. The van der Waals surface area contributed by atoms with Gasteiger partial charge in [0, 0.05) is 22.8 Å². The second kappa shape index (κ2) is 4.54. The number of nitrogens with one attached hydrogen (secondary N) is 1. The zero-order valence-electron chi connectivity index (χ0n) is 9.34. The Kier molecular flexibility index (Phi) is 3.22. The van der Waals surface area contributed by atoms with Crippen molar-refractivity contribution in [2.45, 2.75) is 11.8 Å². The van der Waals surface area contributed by atoms with E-state index < -0.39 is 15.8 Å². The van der Waals surface area contributed by atoms with Crippen LogP contribution in [0.3, 0.4) is 0 Å². The highest BCUT2D eigenvalue weighted by atomic mass is 32.2. The quantitative estimate of drug-likeness (QED) is 0.845. The zero-order chi connectivity index (χ0) is 13.3. The van der Waals surface area contributed by atoms with E-state index in [2.05, 4.69) is 9.71 Å². The number of hydrogen-bond donors (Lipinski definition) is 2. The maximum Gasteiger partial charge on any atom is 0.264 e. The van der Waals surface area contributed by atoms with E-state index in [1.807, 2.05) is 0 Å². The molecule has 2 rings (SSSR count). The highest BCUT2D eigenvalue weighted by molar-refractivity contribution is 7.93. The van der Waals surface area contributed by atoms with Crippen molar-refractivity contribution in [3.05, 3.63) is 35.1 Å². The largest absolute Gasteiger partial charge is 0.399 e. The van der Waals surface area contributed by atoms with Gasteiger partial charge in [-0.3, -0.25) is 4.72 Å². The SMILES string of the molecule is Cc1c(F)cc(N)cc1S(=O)(=O)Nc1nccs1. The topological polar surface area (TPSA) is 85.1 Å². The van der Waals surface area contributed by atoms with Gasteiger partial charge >= 0.3 is 0 Å². The van der Waals surface area contributed by atoms with E-state index in [9.17, 15) is 12.8 Å². The van der Waals surface area contributed by atoms with Crippen LogP contribution in [0.25, 0.3) is 0 Å². The molecule has 0 unspecified atom stereocenters. The first-order valence-electron chi connectivity index (χ1n) is 4.88. The summed E-state index contributed by atoms with van der Waals surface area (Å²) in [6.45, 7) is 1.38. The number of benzene rings is 1. The van der Waals surface area contributed by atoms with Crippen LogP contribution in [-0.4, -0.2) is 13.4 Å². The number of rotatable bonds is 3. The van der Waals surface area contributed by atoms with Crippen LogP contribution in [0, 0.1) is 12.7 Å². The number of aromatic nitrogens is 1. The summed E-state index contributed by atoms with van der Waals surface area (Å²) in [7, 11) is -3.88. The molecule has 0 saturated heterocycles. The molecular formula is C10H10FN3O2S2. The summed E-state index contributed by atoms with van der Waals surface area (Å²) in [6, 6.07) is 2.30. The number of sulfonamides is 1. The Hall–Kier alpha value is -1.67. The molecule has 8 heteroatoms. The second-order valence-corrected chi connectivity index (χ2v) is 6.11. The molecule has 2 aromatic rings. The minimum absolute atomic E-state index is 0.0215. The Balaban J connectivity index is 2.48. The van der Waals surface area contributed by atoms with Gasteiger partial charge in [0.1, 0.15) is 5.82 Å². The van der Waals surface area contributed by atoms with Gasteiger partial charge in [-0.05, 0) is 19.1 Å². The van der Waals surface area contributed by atoms with Crippen LogP contribution in [-0.2, 0) is 10.0 Å². The molecule has 0 aliphatic carbocycles. The van der Waals surface area contributed by atoms with E-state index in [-0.39, 0.29) is 21.3 Å². The van der Waals surface area contributed by atoms with E-state index in [0.29, 0.717) is 0 Å². The summed E-state index contributed by atoms with van der Waals surface area (Å²) in [4.78, 5) is 3.62. The Labute approximate surface area is 108 Å². The highest BCUT2D eigenvalue weighted by Crippen LogP contribution is 2.24. The first-order chi connectivity index (χ1) is 8.40. The van der Waals surface area contributed by atoms with Crippen molar-refractivity contribution < 1.29 is 12.8 Å². The molecule has 0 aliphatic heterocycles. The minimum atomic E-state index is -3.88. The smallest absolute Gasteiger partial charge is 0.264 e. The number of thiazole rings is 1. The van der Waals surface area contributed by atoms with E-state index in [1.165, 1.54) is 19.2 Å². The zero-order valence-corrected chi connectivity index (χ0v) is 11.0. The lowest BCUT2D eigenvalue weighted by atomic mass is 10.2. The van der Waals surface area contributed by atoms with E-state index in [0.717, 1.165) is 17.4 Å². The number of nitrogens with two attached hydrogens (primary N) is 1. The summed E-state index contributed by atoms with van der Waals surface area (Å²) < 4.78 is 39.8. The van der Waals surface area contributed by atoms with Gasteiger partial charge in [-0.2, -0.15) is 0 Å². The lowest BCUT2D eigenvalue weighted by molar-refractivity contribution is 0.591. The maximum atomic E-state index is 13.5. The minimum Gasteiger partial charge on any atom is -0.399 e. The lowest BCUT2D eigenvalue weighted by Crippen LogP contribution is -2.15. The molecule has 0 radical (unpaired) electrons. The third-order valence-corrected chi connectivity index (χ3v) is 4.55. The molecule has 1 aromatic heterocycles. The van der Waals surface area contributed by atoms with Gasteiger partial charge < -0.3 is 5.73 Å². The van der Waals surface area contributed by atoms with Crippen LogP contribution in [0.5, 0.6) is 0 Å². The molecule has 0 atom stereocenters. The van der Waals surface area contributed by atoms with Crippen molar-refractivity contribution in [2.24, 2.45) is 0 Å². The lowest BCUT2D eigenvalue weighted by Gasteiger charge is -2.09. The predicted octanol–water partition coefficient (Wildman–Crippen LogP) is 1.97. The van der Waals surface area contributed by atoms with Crippen LogP contribution in [0.1, 0.15) is 5.56 Å². The van der Waals surface area contributed by atoms with Crippen LogP contribution in [0.15, 0.2) is 28.6 Å². The summed E-state index contributed by atoms with van der Waals surface area (Å²) in [6.07, 6.45) is 1.47. The van der Waals surface area contributed by atoms with E-state index in [4.69, 9.17) is 5.73 Å². The summed E-state index contributed by atoms with van der Waals surface area (Å²) in [5, 5.41) is 1.85. The molecule has 0 spiro atoms. The highest BCUT2D eigenvalue weighted by Gasteiger charge is 2.20. The molecule has 1 aromatic carbocycles. The molecule has 0 amide bonds. The maximum absolute atomic E-state index is 13.5. The van der Waals surface area contributed by atoms with Gasteiger partial charge in [0.25, 0.3) is 10.0 Å². The van der Waals surface area contributed by atoms with Gasteiger partial charge in [-0.25, -0.2) is 17.8 Å². The van der Waals surface area contributed by atoms with Gasteiger partial charge in [0.05, 0.1) is 4.90 Å². The molecule has 0 aliphatic rings. The van der Waals surface area contributed by atoms with Gasteiger partial charge in [-0.15, -0.1) is 11.3 Å². The Morgan fingerprint density at radius 3 is 2.78 bits per heavy atom. The number of halogens is 1. The number of nitrogens with zero attached hydrogens (tertiary/aromatic N) is 1. The van der Waals surface area contributed by atoms with Crippen molar-refractivity contribution in [3.63, 3.8) is 0 Å². The third-order valence-electron chi connectivity index (χ3n) is 2.26. The average Bonchev–Trinajstić information content (AvgIpc) is 2.75. The second-order valence-electron chi connectivity index (χ2n) is 3.57. The van der Waals surface area contributed by atoms with Crippen molar-refractivity contribution in [1.82, 2.24) is 4.98 Å². The molecule has 0 saturated carbocycles. The van der Waals surface area contributed by atoms with Crippen molar-refractivity contribution in [3.8, 4) is 0 Å². The van der Waals surface area contributed by atoms with Crippen LogP contribution in [0.2, 0.25) is 0 Å². The molecule has 1 heterocycles. The van der Waals surface area contributed by atoms with Gasteiger partial charge in [0.15, 0.2) is 5.13 Å². The van der Waals surface area contributed by atoms with Crippen molar-refractivity contribution in [1.29, 1.82) is 0 Å². The summed E-state index contributed by atoms with van der Waals surface area (Å²) >= 11 is 1.13. The van der Waals surface area contributed by atoms with E-state index in [1.54, 1.807) is 5.38 Å². The summed E-state index contributed by atoms with van der Waals surface area (Å²) in [5.41, 5.74) is 5.53. The third kappa shape index (κ3) is 2.44. The normalized spacial score (nSPS) is 11.4. The number of hydrogen-bond acceptors (Lipinski definition) is 5. The van der Waals surface area contributed by atoms with Crippen LogP contribution < -0.4 is 10.5 Å². The average molecular weight is 287 g/mol. The Morgan fingerprint density at radius 1 is 1.44 bits per heavy atom. The van der Waals surface area contributed by atoms with Gasteiger partial charge in [0.2, 0.25) is 0 Å². The van der Waals surface area contributed by atoms with Gasteiger partial charge in [-0.1, -0.05) is 0 Å². The predicted molar refractivity (Wildman–Crippen MR) is 68.5 cm³/mol. The van der Waals surface area contributed by atoms with Crippen molar-refractivity contribution in [2.75, 3.05) is 10.5 Å². The first kappa shape index (κ1) is 12.8. The molecule has 0 bridgehead atoms. The van der Waals surface area contributed by atoms with Crippen LogP contribution in [0.4, 0.5) is 15.2 Å². The Bertz CT molecular complexity index is 669. The number of anilines is 2. The van der Waals surface area contributed by atoms with E-state index >= 15 is 0 Å². The fourth-order valence-electron chi connectivity index (χ4n) is 1.40. The number of nitrogen functional groups attached to an aromatic ring is 1. The monoisotopic (exact) mass is 287 g/mol. The molecule has 96 valence electrons. The Morgan fingerprint density at radius 2 is 2.17 bits per heavy atom. The molecular weight excluding hydrogens is 277 g/mol. The fraction of sp³-hybridized carbons (Fsp3) is 0.100.